The summed E-state index contributed by atoms with van der Waals surface area (Å²) in [6.45, 7) is 0. The quantitative estimate of drug-likeness (QED) is 0.482. The van der Waals surface area contributed by atoms with Gasteiger partial charge in [0.1, 0.15) is 5.75 Å². The summed E-state index contributed by atoms with van der Waals surface area (Å²) in [6, 6.07) is 5.47. The van der Waals surface area contributed by atoms with E-state index in [1.54, 1.807) is 48.0 Å². The summed E-state index contributed by atoms with van der Waals surface area (Å²) >= 11 is 1.59. The van der Waals surface area contributed by atoms with Crippen LogP contribution < -0.4 is 4.74 Å². The maximum absolute atomic E-state index is 12.1. The zero-order chi connectivity index (χ0) is 14.5. The summed E-state index contributed by atoms with van der Waals surface area (Å²) in [4.78, 5) is 13.1. The number of ketones is 1. The highest BCUT2D eigenvalue weighted by Crippen LogP contribution is 2.28. The summed E-state index contributed by atoms with van der Waals surface area (Å²) < 4.78 is 6.98. The Hall–Kier alpha value is -2.01. The van der Waals surface area contributed by atoms with Crippen molar-refractivity contribution in [3.05, 3.63) is 47.8 Å². The van der Waals surface area contributed by atoms with Crippen LogP contribution in [-0.2, 0) is 7.05 Å². The Kier molecular flexibility index (Phi) is 4.63. The van der Waals surface area contributed by atoms with Gasteiger partial charge in [-0.15, -0.1) is 11.8 Å². The number of carbonyl (C=O) groups excluding carboxylic acids is 1. The normalized spacial score (nSPS) is 10.9. The molecular formula is C15H16N2O2S. The van der Waals surface area contributed by atoms with E-state index in [0.717, 1.165) is 16.2 Å². The Labute approximate surface area is 122 Å². The Morgan fingerprint density at radius 3 is 2.85 bits per heavy atom. The van der Waals surface area contributed by atoms with Crippen molar-refractivity contribution in [1.82, 2.24) is 9.78 Å². The predicted molar refractivity (Wildman–Crippen MR) is 81.3 cm³/mol. The fourth-order valence-electron chi connectivity index (χ4n) is 1.78. The van der Waals surface area contributed by atoms with Gasteiger partial charge in [-0.2, -0.15) is 5.10 Å². The lowest BCUT2D eigenvalue weighted by atomic mass is 10.1. The predicted octanol–water partition coefficient (Wildman–Crippen LogP) is 3.05. The molecule has 0 saturated heterocycles. The number of allylic oxidation sites excluding steroid dienone is 1. The average molecular weight is 288 g/mol. The van der Waals surface area contributed by atoms with Crippen LogP contribution in [0, 0.1) is 0 Å². The molecule has 0 aliphatic rings. The third-order valence-corrected chi connectivity index (χ3v) is 3.60. The Morgan fingerprint density at radius 1 is 1.45 bits per heavy atom. The van der Waals surface area contributed by atoms with Crippen molar-refractivity contribution in [2.24, 2.45) is 7.05 Å². The van der Waals surface area contributed by atoms with Crippen LogP contribution in [0.5, 0.6) is 5.75 Å². The number of carbonyl (C=O) groups is 1. The molecule has 1 heterocycles. The van der Waals surface area contributed by atoms with Gasteiger partial charge in [0, 0.05) is 29.3 Å². The van der Waals surface area contributed by atoms with Crippen LogP contribution in [0.2, 0.25) is 0 Å². The highest BCUT2D eigenvalue weighted by molar-refractivity contribution is 7.98. The first-order chi connectivity index (χ1) is 9.63. The number of benzene rings is 1. The third-order valence-electron chi connectivity index (χ3n) is 2.82. The zero-order valence-corrected chi connectivity index (χ0v) is 12.5. The van der Waals surface area contributed by atoms with Crippen molar-refractivity contribution < 1.29 is 9.53 Å². The molecule has 0 aliphatic heterocycles. The molecule has 0 amide bonds. The van der Waals surface area contributed by atoms with Crippen LogP contribution in [0.4, 0.5) is 0 Å². The van der Waals surface area contributed by atoms with E-state index >= 15 is 0 Å². The summed E-state index contributed by atoms with van der Waals surface area (Å²) in [5.74, 6) is 0.665. The van der Waals surface area contributed by atoms with Gasteiger partial charge in [0.05, 0.1) is 13.3 Å². The monoisotopic (exact) mass is 288 g/mol. The molecule has 0 saturated carbocycles. The van der Waals surface area contributed by atoms with Crippen molar-refractivity contribution in [2.45, 2.75) is 4.90 Å². The smallest absolute Gasteiger partial charge is 0.185 e. The molecule has 2 aromatic rings. The van der Waals surface area contributed by atoms with Gasteiger partial charge in [0.15, 0.2) is 5.78 Å². The lowest BCUT2D eigenvalue weighted by molar-refractivity contribution is 0.104. The zero-order valence-electron chi connectivity index (χ0n) is 11.7. The second-order valence-electron chi connectivity index (χ2n) is 4.21. The molecule has 5 heteroatoms. The van der Waals surface area contributed by atoms with Gasteiger partial charge in [0.25, 0.3) is 0 Å². The maximum Gasteiger partial charge on any atom is 0.185 e. The van der Waals surface area contributed by atoms with Crippen molar-refractivity contribution in [1.29, 1.82) is 0 Å². The Bertz CT molecular complexity index is 647. The number of aryl methyl sites for hydroxylation is 1. The first-order valence-electron chi connectivity index (χ1n) is 6.07. The summed E-state index contributed by atoms with van der Waals surface area (Å²) in [6.07, 6.45) is 8.83. The Balaban J connectivity index is 2.19. The molecule has 0 bridgehead atoms. The number of hydrogen-bond donors (Lipinski definition) is 0. The SMILES string of the molecule is COc1cc(C(=O)C=Cc2cnn(C)c2)ccc1SC. The van der Waals surface area contributed by atoms with E-state index in [0.29, 0.717) is 5.56 Å². The largest absolute Gasteiger partial charge is 0.496 e. The lowest BCUT2D eigenvalue weighted by Crippen LogP contribution is -1.96. The molecule has 2 rings (SSSR count). The Morgan fingerprint density at radius 2 is 2.25 bits per heavy atom. The highest BCUT2D eigenvalue weighted by Gasteiger charge is 2.07. The van der Waals surface area contributed by atoms with Crippen molar-refractivity contribution in [3.63, 3.8) is 0 Å². The fraction of sp³-hybridized carbons (Fsp3) is 0.200. The van der Waals surface area contributed by atoms with E-state index in [4.69, 9.17) is 4.74 Å². The molecule has 0 aliphatic carbocycles. The van der Waals surface area contributed by atoms with E-state index in [2.05, 4.69) is 5.10 Å². The standard InChI is InChI=1S/C15H16N2O2S/c1-17-10-11(9-16-17)4-6-13(18)12-5-7-15(20-3)14(8-12)19-2/h4-10H,1-3H3. The summed E-state index contributed by atoms with van der Waals surface area (Å²) in [5.41, 5.74) is 1.51. The minimum Gasteiger partial charge on any atom is -0.496 e. The van der Waals surface area contributed by atoms with Crippen molar-refractivity contribution in [3.8, 4) is 5.75 Å². The first kappa shape index (κ1) is 14.4. The molecule has 0 atom stereocenters. The van der Waals surface area contributed by atoms with Gasteiger partial charge >= 0.3 is 0 Å². The van der Waals surface area contributed by atoms with Crippen LogP contribution in [0.1, 0.15) is 15.9 Å². The van der Waals surface area contributed by atoms with Gasteiger partial charge in [-0.25, -0.2) is 0 Å². The molecule has 104 valence electrons. The molecular weight excluding hydrogens is 272 g/mol. The molecule has 4 nitrogen and oxygen atoms in total. The average Bonchev–Trinajstić information content (AvgIpc) is 2.89. The molecule has 0 radical (unpaired) electrons. The molecule has 20 heavy (non-hydrogen) atoms. The molecule has 1 aromatic heterocycles. The molecule has 0 spiro atoms. The number of nitrogens with zero attached hydrogens (tertiary/aromatic N) is 2. The minimum atomic E-state index is -0.0557. The van der Waals surface area contributed by atoms with Gasteiger partial charge in [0.2, 0.25) is 0 Å². The second-order valence-corrected chi connectivity index (χ2v) is 5.06. The lowest BCUT2D eigenvalue weighted by Gasteiger charge is -2.07. The van der Waals surface area contributed by atoms with Gasteiger partial charge in [-0.05, 0) is 36.6 Å². The van der Waals surface area contributed by atoms with Gasteiger partial charge in [-0.1, -0.05) is 0 Å². The number of methoxy groups -OCH3 is 1. The van der Waals surface area contributed by atoms with Gasteiger partial charge in [-0.3, -0.25) is 9.48 Å². The summed E-state index contributed by atoms with van der Waals surface area (Å²) in [7, 11) is 3.44. The molecule has 1 aromatic carbocycles. The van der Waals surface area contributed by atoms with E-state index in [9.17, 15) is 4.79 Å². The number of aromatic nitrogens is 2. The van der Waals surface area contributed by atoms with Crippen LogP contribution in [0.25, 0.3) is 6.08 Å². The van der Waals surface area contributed by atoms with E-state index in [1.165, 1.54) is 0 Å². The van der Waals surface area contributed by atoms with E-state index in [1.807, 2.05) is 31.6 Å². The molecule has 0 N–H and O–H groups in total. The molecule has 0 unspecified atom stereocenters. The van der Waals surface area contributed by atoms with Crippen molar-refractivity contribution in [2.75, 3.05) is 13.4 Å². The van der Waals surface area contributed by atoms with Crippen LogP contribution >= 0.6 is 11.8 Å². The fourth-order valence-corrected chi connectivity index (χ4v) is 2.33. The van der Waals surface area contributed by atoms with E-state index in [-0.39, 0.29) is 5.78 Å². The van der Waals surface area contributed by atoms with Crippen LogP contribution in [0.15, 0.2) is 41.6 Å². The topological polar surface area (TPSA) is 44.1 Å². The number of hydrogen-bond acceptors (Lipinski definition) is 4. The van der Waals surface area contributed by atoms with E-state index < -0.39 is 0 Å². The maximum atomic E-state index is 12.1. The van der Waals surface area contributed by atoms with Crippen molar-refractivity contribution >= 4 is 23.6 Å². The third kappa shape index (κ3) is 3.30. The first-order valence-corrected chi connectivity index (χ1v) is 7.29. The second kappa shape index (κ2) is 6.43. The number of thioether (sulfide) groups is 1. The minimum absolute atomic E-state index is 0.0557. The number of rotatable bonds is 5. The summed E-state index contributed by atoms with van der Waals surface area (Å²) in [5, 5.41) is 4.05. The van der Waals surface area contributed by atoms with Gasteiger partial charge < -0.3 is 4.74 Å². The van der Waals surface area contributed by atoms with Crippen LogP contribution in [0.3, 0.4) is 0 Å². The highest BCUT2D eigenvalue weighted by atomic mass is 32.2. The van der Waals surface area contributed by atoms with Crippen LogP contribution in [-0.4, -0.2) is 28.9 Å². The number of ether oxygens (including phenoxy) is 1. The molecule has 0 fully saturated rings.